The molecule has 0 aliphatic rings. The van der Waals surface area contributed by atoms with Crippen LogP contribution in [0, 0.1) is 17.0 Å². The molecule has 0 spiro atoms. The second kappa shape index (κ2) is 7.23. The van der Waals surface area contributed by atoms with E-state index in [1.165, 1.54) is 25.5 Å². The number of hydrazone groups is 1. The van der Waals surface area contributed by atoms with Crippen LogP contribution in [-0.4, -0.2) is 29.3 Å². The molecule has 0 saturated heterocycles. The van der Waals surface area contributed by atoms with E-state index in [1.807, 2.05) is 6.92 Å². The van der Waals surface area contributed by atoms with Crippen LogP contribution in [0.2, 0.25) is 0 Å². The minimum Gasteiger partial charge on any atom is -0.502 e. The van der Waals surface area contributed by atoms with Gasteiger partial charge in [0.15, 0.2) is 5.75 Å². The molecule has 0 saturated carbocycles. The van der Waals surface area contributed by atoms with E-state index in [4.69, 9.17) is 4.74 Å². The average molecular weight is 329 g/mol. The molecule has 0 aromatic heterocycles. The Hall–Kier alpha value is -3.42. The Morgan fingerprint density at radius 1 is 1.33 bits per heavy atom. The lowest BCUT2D eigenvalue weighted by molar-refractivity contribution is -0.385. The average Bonchev–Trinajstić information content (AvgIpc) is 2.55. The Bertz CT molecular complexity index is 817. The first-order valence-electron chi connectivity index (χ1n) is 6.88. The van der Waals surface area contributed by atoms with E-state index in [0.717, 1.165) is 11.6 Å². The van der Waals surface area contributed by atoms with Gasteiger partial charge in [-0.25, -0.2) is 5.43 Å². The van der Waals surface area contributed by atoms with Crippen molar-refractivity contribution in [3.63, 3.8) is 0 Å². The van der Waals surface area contributed by atoms with Gasteiger partial charge >= 0.3 is 5.69 Å². The third-order valence-electron chi connectivity index (χ3n) is 3.18. The SMILES string of the molecule is COc1cc(C)ccc1C(=O)N/N=C\c1ccc(O)c([N+](=O)[O-])c1. The lowest BCUT2D eigenvalue weighted by Crippen LogP contribution is -2.18. The largest absolute Gasteiger partial charge is 0.502 e. The summed E-state index contributed by atoms with van der Waals surface area (Å²) in [4.78, 5) is 22.2. The highest BCUT2D eigenvalue weighted by Crippen LogP contribution is 2.25. The molecule has 24 heavy (non-hydrogen) atoms. The van der Waals surface area contributed by atoms with Gasteiger partial charge in [-0.2, -0.15) is 5.10 Å². The molecular formula is C16H15N3O5. The van der Waals surface area contributed by atoms with Gasteiger partial charge in [0, 0.05) is 11.6 Å². The monoisotopic (exact) mass is 329 g/mol. The molecular weight excluding hydrogens is 314 g/mol. The number of phenols is 1. The Balaban J connectivity index is 2.13. The number of amides is 1. The smallest absolute Gasteiger partial charge is 0.311 e. The molecule has 124 valence electrons. The van der Waals surface area contributed by atoms with Crippen molar-refractivity contribution in [3.8, 4) is 11.5 Å². The molecule has 0 aliphatic heterocycles. The Morgan fingerprint density at radius 3 is 2.75 bits per heavy atom. The molecule has 2 aromatic rings. The molecule has 0 atom stereocenters. The molecule has 8 heteroatoms. The van der Waals surface area contributed by atoms with Gasteiger partial charge in [0.25, 0.3) is 5.91 Å². The van der Waals surface area contributed by atoms with Gasteiger partial charge in [0.1, 0.15) is 5.75 Å². The number of nitro groups is 1. The molecule has 1 amide bonds. The molecule has 2 aromatic carbocycles. The van der Waals surface area contributed by atoms with Crippen molar-refractivity contribution in [2.45, 2.75) is 6.92 Å². The lowest BCUT2D eigenvalue weighted by Gasteiger charge is -2.07. The standard InChI is InChI=1S/C16H15N3O5/c1-10-3-5-12(15(7-10)24-2)16(21)18-17-9-11-4-6-14(20)13(8-11)19(22)23/h3-9,20H,1-2H3,(H,18,21)/b17-9-. The van der Waals surface area contributed by atoms with Gasteiger partial charge in [0.2, 0.25) is 0 Å². The fourth-order valence-electron chi connectivity index (χ4n) is 1.98. The lowest BCUT2D eigenvalue weighted by atomic mass is 10.1. The van der Waals surface area contributed by atoms with Crippen molar-refractivity contribution in [3.05, 3.63) is 63.2 Å². The quantitative estimate of drug-likeness (QED) is 0.496. The van der Waals surface area contributed by atoms with E-state index in [1.54, 1.807) is 18.2 Å². The number of nitrogens with zero attached hydrogens (tertiary/aromatic N) is 2. The summed E-state index contributed by atoms with van der Waals surface area (Å²) in [7, 11) is 1.46. The van der Waals surface area contributed by atoms with Crippen LogP contribution in [0.1, 0.15) is 21.5 Å². The number of methoxy groups -OCH3 is 1. The number of phenolic OH excluding ortho intramolecular Hbond substituents is 1. The maximum absolute atomic E-state index is 12.1. The summed E-state index contributed by atoms with van der Waals surface area (Å²) in [5.41, 5.74) is 3.50. The number of aryl methyl sites for hydroxylation is 1. The number of nitro benzene ring substituents is 1. The van der Waals surface area contributed by atoms with Crippen molar-refractivity contribution in [1.29, 1.82) is 0 Å². The number of nitrogens with one attached hydrogen (secondary N) is 1. The predicted molar refractivity (Wildman–Crippen MR) is 87.6 cm³/mol. The predicted octanol–water partition coefficient (Wildman–Crippen LogP) is 2.38. The number of ether oxygens (including phenoxy) is 1. The van der Waals surface area contributed by atoms with Crippen molar-refractivity contribution in [2.24, 2.45) is 5.10 Å². The number of benzene rings is 2. The zero-order valence-corrected chi connectivity index (χ0v) is 13.0. The summed E-state index contributed by atoms with van der Waals surface area (Å²) in [5.74, 6) is -0.495. The van der Waals surface area contributed by atoms with Crippen LogP contribution in [0.4, 0.5) is 5.69 Å². The van der Waals surface area contributed by atoms with E-state index in [2.05, 4.69) is 10.5 Å². The third-order valence-corrected chi connectivity index (χ3v) is 3.18. The Morgan fingerprint density at radius 2 is 2.08 bits per heavy atom. The summed E-state index contributed by atoms with van der Waals surface area (Å²) in [5, 5.41) is 23.9. The van der Waals surface area contributed by atoms with Gasteiger partial charge in [-0.15, -0.1) is 0 Å². The molecule has 0 unspecified atom stereocenters. The summed E-state index contributed by atoms with van der Waals surface area (Å²) in [6.45, 7) is 1.88. The second-order valence-electron chi connectivity index (χ2n) is 4.91. The first-order valence-corrected chi connectivity index (χ1v) is 6.88. The van der Waals surface area contributed by atoms with Crippen LogP contribution in [0.15, 0.2) is 41.5 Å². The number of carbonyl (C=O) groups is 1. The Kier molecular flexibility index (Phi) is 5.10. The van der Waals surface area contributed by atoms with Crippen LogP contribution >= 0.6 is 0 Å². The number of hydrogen-bond donors (Lipinski definition) is 2. The van der Waals surface area contributed by atoms with Gasteiger partial charge in [-0.05, 0) is 36.8 Å². The number of rotatable bonds is 5. The number of carbonyl (C=O) groups excluding carboxylic acids is 1. The second-order valence-corrected chi connectivity index (χ2v) is 4.91. The summed E-state index contributed by atoms with van der Waals surface area (Å²) < 4.78 is 5.15. The van der Waals surface area contributed by atoms with Crippen LogP contribution in [0.25, 0.3) is 0 Å². The fourth-order valence-corrected chi connectivity index (χ4v) is 1.98. The van der Waals surface area contributed by atoms with Gasteiger partial charge in [-0.3, -0.25) is 14.9 Å². The topological polar surface area (TPSA) is 114 Å². The first-order chi connectivity index (χ1) is 11.4. The van der Waals surface area contributed by atoms with E-state index in [-0.39, 0.29) is 0 Å². The molecule has 0 fully saturated rings. The third kappa shape index (κ3) is 3.86. The maximum atomic E-state index is 12.1. The number of aromatic hydroxyl groups is 1. The van der Waals surface area contributed by atoms with Crippen molar-refractivity contribution < 1.29 is 19.6 Å². The van der Waals surface area contributed by atoms with Gasteiger partial charge < -0.3 is 9.84 Å². The van der Waals surface area contributed by atoms with E-state index >= 15 is 0 Å². The maximum Gasteiger partial charge on any atom is 0.311 e. The fraction of sp³-hybridized carbons (Fsp3) is 0.125. The first kappa shape index (κ1) is 16.9. The van der Waals surface area contributed by atoms with E-state index in [9.17, 15) is 20.0 Å². The van der Waals surface area contributed by atoms with Crippen molar-refractivity contribution >= 4 is 17.8 Å². The minimum atomic E-state index is -0.706. The highest BCUT2D eigenvalue weighted by molar-refractivity contribution is 5.97. The normalized spacial score (nSPS) is 10.6. The van der Waals surface area contributed by atoms with Crippen LogP contribution in [0.3, 0.4) is 0 Å². The summed E-state index contributed by atoms with van der Waals surface area (Å²) >= 11 is 0. The van der Waals surface area contributed by atoms with Crippen LogP contribution in [0.5, 0.6) is 11.5 Å². The highest BCUT2D eigenvalue weighted by atomic mass is 16.6. The molecule has 2 N–H and O–H groups in total. The van der Waals surface area contributed by atoms with E-state index in [0.29, 0.717) is 16.9 Å². The van der Waals surface area contributed by atoms with Crippen molar-refractivity contribution in [1.82, 2.24) is 5.43 Å². The van der Waals surface area contributed by atoms with Gasteiger partial charge in [0.05, 0.1) is 23.8 Å². The summed E-state index contributed by atoms with van der Waals surface area (Å²) in [6, 6.07) is 8.88. The minimum absolute atomic E-state index is 0.317. The van der Waals surface area contributed by atoms with Crippen LogP contribution < -0.4 is 10.2 Å². The van der Waals surface area contributed by atoms with Gasteiger partial charge in [-0.1, -0.05) is 6.07 Å². The molecule has 0 aliphatic carbocycles. The van der Waals surface area contributed by atoms with Crippen molar-refractivity contribution in [2.75, 3.05) is 7.11 Å². The molecule has 0 radical (unpaired) electrons. The Labute approximate surface area is 137 Å². The zero-order chi connectivity index (χ0) is 17.7. The molecule has 2 rings (SSSR count). The van der Waals surface area contributed by atoms with Crippen LogP contribution in [-0.2, 0) is 0 Å². The number of hydrogen-bond acceptors (Lipinski definition) is 6. The van der Waals surface area contributed by atoms with E-state index < -0.39 is 22.3 Å². The zero-order valence-electron chi connectivity index (χ0n) is 13.0. The molecule has 0 bridgehead atoms. The molecule has 8 nitrogen and oxygen atoms in total. The summed E-state index contributed by atoms with van der Waals surface area (Å²) in [6.07, 6.45) is 1.24. The highest BCUT2D eigenvalue weighted by Gasteiger charge is 2.13. The molecule has 0 heterocycles.